The Hall–Kier alpha value is -2.12. The lowest BCUT2D eigenvalue weighted by atomic mass is 9.84. The van der Waals surface area contributed by atoms with Gasteiger partial charge in [-0.1, -0.05) is 50.1 Å². The Kier molecular flexibility index (Phi) is 8.07. The standard InChI is InChI=1S/C15H25N3O5/c16-13(14(17)21)18-23-15(22)11(9-12(19)20)8-4-7-10-5-2-1-3-6-10/h10-11H,1-9H2,(H2,16,18)(H2,17,21)(H,19,20)/t11-/m1/s1. The van der Waals surface area contributed by atoms with E-state index in [0.717, 1.165) is 12.8 Å². The Morgan fingerprint density at radius 2 is 1.83 bits per heavy atom. The maximum atomic E-state index is 11.9. The van der Waals surface area contributed by atoms with E-state index in [0.29, 0.717) is 12.3 Å². The van der Waals surface area contributed by atoms with Crippen molar-refractivity contribution >= 4 is 23.7 Å². The number of amidine groups is 1. The van der Waals surface area contributed by atoms with Gasteiger partial charge in [0.15, 0.2) is 0 Å². The van der Waals surface area contributed by atoms with Crippen LogP contribution in [0, 0.1) is 11.8 Å². The van der Waals surface area contributed by atoms with E-state index in [4.69, 9.17) is 16.6 Å². The third-order valence-electron chi connectivity index (χ3n) is 4.13. The highest BCUT2D eigenvalue weighted by Crippen LogP contribution is 2.29. The number of carbonyl (C=O) groups is 3. The van der Waals surface area contributed by atoms with Gasteiger partial charge in [-0.25, -0.2) is 4.79 Å². The Labute approximate surface area is 135 Å². The van der Waals surface area contributed by atoms with E-state index in [-0.39, 0.29) is 6.42 Å². The molecular formula is C15H25N3O5. The number of carboxylic acids is 1. The lowest BCUT2D eigenvalue weighted by molar-refractivity contribution is -0.153. The van der Waals surface area contributed by atoms with Crippen LogP contribution in [0.25, 0.3) is 0 Å². The minimum atomic E-state index is -1.09. The van der Waals surface area contributed by atoms with E-state index in [1.54, 1.807) is 0 Å². The van der Waals surface area contributed by atoms with Crippen LogP contribution < -0.4 is 11.5 Å². The quantitative estimate of drug-likeness (QED) is 0.264. The fraction of sp³-hybridized carbons (Fsp3) is 0.733. The molecule has 8 nitrogen and oxygen atoms in total. The normalized spacial score (nSPS) is 17.5. The minimum absolute atomic E-state index is 0.338. The molecule has 1 rings (SSSR count). The van der Waals surface area contributed by atoms with Crippen LogP contribution in [0.2, 0.25) is 0 Å². The Bertz CT molecular complexity index is 458. The smallest absolute Gasteiger partial charge is 0.338 e. The average Bonchev–Trinajstić information content (AvgIpc) is 2.51. The topological polar surface area (TPSA) is 145 Å². The molecule has 0 unspecified atom stereocenters. The molecule has 8 heteroatoms. The highest BCUT2D eigenvalue weighted by atomic mass is 16.7. The monoisotopic (exact) mass is 327 g/mol. The first-order chi connectivity index (χ1) is 10.9. The van der Waals surface area contributed by atoms with Crippen molar-refractivity contribution in [3.63, 3.8) is 0 Å². The van der Waals surface area contributed by atoms with E-state index in [1.165, 1.54) is 32.1 Å². The molecule has 1 atom stereocenters. The molecule has 1 amide bonds. The van der Waals surface area contributed by atoms with E-state index < -0.39 is 29.6 Å². The van der Waals surface area contributed by atoms with Crippen LogP contribution in [-0.4, -0.2) is 28.8 Å². The Morgan fingerprint density at radius 1 is 1.17 bits per heavy atom. The van der Waals surface area contributed by atoms with Crippen molar-refractivity contribution in [1.29, 1.82) is 0 Å². The summed E-state index contributed by atoms with van der Waals surface area (Å²) in [6, 6.07) is 0. The van der Waals surface area contributed by atoms with Crippen molar-refractivity contribution < 1.29 is 24.3 Å². The zero-order valence-electron chi connectivity index (χ0n) is 13.2. The molecular weight excluding hydrogens is 302 g/mol. The number of rotatable bonds is 8. The van der Waals surface area contributed by atoms with Gasteiger partial charge in [0.1, 0.15) is 0 Å². The number of carbonyl (C=O) groups excluding carboxylic acids is 2. The summed E-state index contributed by atoms with van der Waals surface area (Å²) in [5.74, 6) is -3.68. The molecule has 0 bridgehead atoms. The van der Waals surface area contributed by atoms with Gasteiger partial charge in [0.05, 0.1) is 12.3 Å². The second-order valence-corrected chi connectivity index (χ2v) is 5.98. The van der Waals surface area contributed by atoms with E-state index in [2.05, 4.69) is 9.99 Å². The molecule has 0 saturated heterocycles. The van der Waals surface area contributed by atoms with E-state index in [1.807, 2.05) is 0 Å². The third kappa shape index (κ3) is 7.62. The molecule has 0 aromatic rings. The number of carboxylic acid groups (broad SMARTS) is 1. The van der Waals surface area contributed by atoms with Gasteiger partial charge in [-0.2, -0.15) is 0 Å². The fourth-order valence-corrected chi connectivity index (χ4v) is 2.86. The number of primary amides is 1. The molecule has 130 valence electrons. The van der Waals surface area contributed by atoms with Gasteiger partial charge < -0.3 is 21.4 Å². The summed E-state index contributed by atoms with van der Waals surface area (Å²) in [5.41, 5.74) is 10.0. The number of hydrogen-bond acceptors (Lipinski definition) is 5. The summed E-state index contributed by atoms with van der Waals surface area (Å²) in [4.78, 5) is 38.0. The minimum Gasteiger partial charge on any atom is -0.481 e. The first-order valence-electron chi connectivity index (χ1n) is 7.96. The van der Waals surface area contributed by atoms with Crippen LogP contribution in [0.15, 0.2) is 5.16 Å². The molecule has 5 N–H and O–H groups in total. The predicted octanol–water partition coefficient (Wildman–Crippen LogP) is 1.13. The summed E-state index contributed by atoms with van der Waals surface area (Å²) < 4.78 is 0. The number of aliphatic carboxylic acids is 1. The van der Waals surface area contributed by atoms with Crippen molar-refractivity contribution in [2.45, 2.75) is 57.8 Å². The van der Waals surface area contributed by atoms with Crippen molar-refractivity contribution in [2.24, 2.45) is 28.5 Å². The fourth-order valence-electron chi connectivity index (χ4n) is 2.86. The van der Waals surface area contributed by atoms with Gasteiger partial charge in [-0.15, -0.1) is 0 Å². The van der Waals surface area contributed by atoms with Crippen LogP contribution in [-0.2, 0) is 19.2 Å². The van der Waals surface area contributed by atoms with Crippen LogP contribution >= 0.6 is 0 Å². The van der Waals surface area contributed by atoms with Crippen LogP contribution in [0.5, 0.6) is 0 Å². The molecule has 1 aliphatic rings. The summed E-state index contributed by atoms with van der Waals surface area (Å²) in [6.07, 6.45) is 7.98. The third-order valence-corrected chi connectivity index (χ3v) is 4.13. The zero-order valence-corrected chi connectivity index (χ0v) is 13.2. The van der Waals surface area contributed by atoms with E-state index in [9.17, 15) is 14.4 Å². The van der Waals surface area contributed by atoms with Gasteiger partial charge in [-0.05, 0) is 12.3 Å². The molecule has 23 heavy (non-hydrogen) atoms. The largest absolute Gasteiger partial charge is 0.481 e. The van der Waals surface area contributed by atoms with Gasteiger partial charge >= 0.3 is 11.9 Å². The summed E-state index contributed by atoms with van der Waals surface area (Å²) in [7, 11) is 0. The van der Waals surface area contributed by atoms with Crippen LogP contribution in [0.1, 0.15) is 57.8 Å². The second kappa shape index (κ2) is 9.81. The molecule has 0 aliphatic heterocycles. The first kappa shape index (κ1) is 18.9. The maximum absolute atomic E-state index is 11.9. The lowest BCUT2D eigenvalue weighted by Gasteiger charge is -2.22. The summed E-state index contributed by atoms with van der Waals surface area (Å²) in [6.45, 7) is 0. The number of amides is 1. The molecule has 0 heterocycles. The van der Waals surface area contributed by atoms with Crippen molar-refractivity contribution in [3.05, 3.63) is 0 Å². The first-order valence-corrected chi connectivity index (χ1v) is 7.96. The average molecular weight is 327 g/mol. The highest BCUT2D eigenvalue weighted by Gasteiger charge is 2.24. The SMILES string of the molecule is NC(=O)/C(N)=N/OC(=O)[C@H](CCCC1CCCCC1)CC(=O)O. The molecule has 0 aromatic heterocycles. The van der Waals surface area contributed by atoms with Gasteiger partial charge in [0.25, 0.3) is 5.91 Å². The number of nitrogens with two attached hydrogens (primary N) is 2. The molecule has 0 spiro atoms. The molecule has 0 radical (unpaired) electrons. The van der Waals surface area contributed by atoms with Crippen molar-refractivity contribution in [2.75, 3.05) is 0 Å². The lowest BCUT2D eigenvalue weighted by Crippen LogP contribution is -2.31. The van der Waals surface area contributed by atoms with Gasteiger partial charge in [-0.3, -0.25) is 9.59 Å². The van der Waals surface area contributed by atoms with Gasteiger partial charge in [0.2, 0.25) is 5.84 Å². The molecule has 0 aromatic carbocycles. The predicted molar refractivity (Wildman–Crippen MR) is 83.1 cm³/mol. The number of oxime groups is 1. The van der Waals surface area contributed by atoms with Crippen LogP contribution in [0.3, 0.4) is 0 Å². The van der Waals surface area contributed by atoms with Crippen molar-refractivity contribution in [1.82, 2.24) is 0 Å². The molecule has 1 saturated carbocycles. The summed E-state index contributed by atoms with van der Waals surface area (Å²) in [5, 5.41) is 12.0. The number of nitrogens with zero attached hydrogens (tertiary/aromatic N) is 1. The molecule has 1 aliphatic carbocycles. The highest BCUT2D eigenvalue weighted by molar-refractivity contribution is 6.36. The van der Waals surface area contributed by atoms with Gasteiger partial charge in [0, 0.05) is 0 Å². The Balaban J connectivity index is 2.47. The number of hydrogen-bond donors (Lipinski definition) is 3. The second-order valence-electron chi connectivity index (χ2n) is 5.98. The zero-order chi connectivity index (χ0) is 17.2. The van der Waals surface area contributed by atoms with Crippen molar-refractivity contribution in [3.8, 4) is 0 Å². The van der Waals surface area contributed by atoms with E-state index >= 15 is 0 Å². The maximum Gasteiger partial charge on any atom is 0.338 e. The summed E-state index contributed by atoms with van der Waals surface area (Å²) >= 11 is 0. The Morgan fingerprint density at radius 3 is 2.39 bits per heavy atom. The molecule has 1 fully saturated rings. The van der Waals surface area contributed by atoms with Crippen LogP contribution in [0.4, 0.5) is 0 Å².